The summed E-state index contributed by atoms with van der Waals surface area (Å²) in [5.41, 5.74) is -0.651. The van der Waals surface area contributed by atoms with E-state index < -0.39 is 5.54 Å². The largest absolute Gasteiger partial charge is 0.410 e. The molecule has 13 heavy (non-hydrogen) atoms. The van der Waals surface area contributed by atoms with Crippen molar-refractivity contribution in [3.05, 3.63) is 0 Å². The molecule has 0 aromatic carbocycles. The highest BCUT2D eigenvalue weighted by Gasteiger charge is 2.36. The number of cyclic esters (lactones) is 1. The van der Waals surface area contributed by atoms with Crippen molar-refractivity contribution in [3.8, 4) is 0 Å². The Hall–Kier alpha value is -0.860. The van der Waals surface area contributed by atoms with Gasteiger partial charge in [0, 0.05) is 6.42 Å². The quantitative estimate of drug-likeness (QED) is 0.495. The van der Waals surface area contributed by atoms with E-state index in [1.54, 1.807) is 13.8 Å². The predicted octanol–water partition coefficient (Wildman–Crippen LogP) is 2.30. The van der Waals surface area contributed by atoms with E-state index in [9.17, 15) is 4.79 Å². The zero-order valence-electron chi connectivity index (χ0n) is 8.59. The number of unbranched alkanes of at least 4 members (excludes halogenated alkanes) is 2. The minimum atomic E-state index is -0.651. The van der Waals surface area contributed by atoms with Gasteiger partial charge in [-0.2, -0.15) is 0 Å². The number of esters is 1. The second-order valence-corrected chi connectivity index (χ2v) is 3.91. The van der Waals surface area contributed by atoms with Gasteiger partial charge in [0.15, 0.2) is 11.4 Å². The average Bonchev–Trinajstić information content (AvgIpc) is 2.27. The average molecular weight is 183 g/mol. The number of nitrogens with zero attached hydrogens (tertiary/aromatic N) is 1. The molecule has 0 aliphatic carbocycles. The van der Waals surface area contributed by atoms with E-state index >= 15 is 0 Å². The Labute approximate surface area is 79.2 Å². The Balaban J connectivity index is 2.41. The van der Waals surface area contributed by atoms with Crippen molar-refractivity contribution in [2.45, 2.75) is 52.0 Å². The van der Waals surface area contributed by atoms with Gasteiger partial charge in [0.25, 0.3) is 0 Å². The maximum absolute atomic E-state index is 11.2. The highest BCUT2D eigenvalue weighted by atomic mass is 16.6. The van der Waals surface area contributed by atoms with Crippen molar-refractivity contribution in [2.24, 2.45) is 4.99 Å². The molecule has 0 saturated carbocycles. The zero-order valence-corrected chi connectivity index (χ0v) is 8.59. The Morgan fingerprint density at radius 1 is 1.38 bits per heavy atom. The molecular formula is C10H17NO2. The number of carbonyl (C=O) groups excluding carboxylic acids is 1. The summed E-state index contributed by atoms with van der Waals surface area (Å²) in [6, 6.07) is 0. The lowest BCUT2D eigenvalue weighted by atomic mass is 10.1. The molecule has 0 atom stereocenters. The van der Waals surface area contributed by atoms with Gasteiger partial charge >= 0.3 is 5.97 Å². The van der Waals surface area contributed by atoms with Crippen LogP contribution in [0.2, 0.25) is 0 Å². The molecule has 0 spiro atoms. The van der Waals surface area contributed by atoms with Crippen LogP contribution < -0.4 is 0 Å². The van der Waals surface area contributed by atoms with Crippen molar-refractivity contribution < 1.29 is 9.53 Å². The SMILES string of the molecule is CCCCCC1=NC(C)(C)C(=O)O1. The summed E-state index contributed by atoms with van der Waals surface area (Å²) in [7, 11) is 0. The lowest BCUT2D eigenvalue weighted by Gasteiger charge is -2.05. The van der Waals surface area contributed by atoms with E-state index in [0.29, 0.717) is 5.90 Å². The van der Waals surface area contributed by atoms with Crippen molar-refractivity contribution in [1.29, 1.82) is 0 Å². The van der Waals surface area contributed by atoms with Crippen LogP contribution in [0.4, 0.5) is 0 Å². The highest BCUT2D eigenvalue weighted by molar-refractivity contribution is 5.99. The molecule has 1 rings (SSSR count). The fourth-order valence-electron chi connectivity index (χ4n) is 1.25. The van der Waals surface area contributed by atoms with Crippen LogP contribution in [0, 0.1) is 0 Å². The highest BCUT2D eigenvalue weighted by Crippen LogP contribution is 2.20. The van der Waals surface area contributed by atoms with Crippen molar-refractivity contribution in [1.82, 2.24) is 0 Å². The van der Waals surface area contributed by atoms with Gasteiger partial charge in [-0.05, 0) is 20.3 Å². The molecule has 1 aliphatic rings. The van der Waals surface area contributed by atoms with Crippen molar-refractivity contribution >= 4 is 11.9 Å². The lowest BCUT2D eigenvalue weighted by Crippen LogP contribution is -2.25. The van der Waals surface area contributed by atoms with Crippen LogP contribution in [0.5, 0.6) is 0 Å². The zero-order chi connectivity index (χ0) is 9.90. The summed E-state index contributed by atoms with van der Waals surface area (Å²) in [5, 5.41) is 0. The monoisotopic (exact) mass is 183 g/mol. The summed E-state index contributed by atoms with van der Waals surface area (Å²) in [5.74, 6) is 0.391. The van der Waals surface area contributed by atoms with E-state index in [-0.39, 0.29) is 5.97 Å². The number of hydrogen-bond donors (Lipinski definition) is 0. The first-order valence-electron chi connectivity index (χ1n) is 4.87. The molecule has 1 heterocycles. The van der Waals surface area contributed by atoms with Crippen LogP contribution in [-0.4, -0.2) is 17.4 Å². The van der Waals surface area contributed by atoms with Gasteiger partial charge in [0.1, 0.15) is 0 Å². The van der Waals surface area contributed by atoms with Crippen molar-refractivity contribution in [3.63, 3.8) is 0 Å². The smallest absolute Gasteiger partial charge is 0.340 e. The Morgan fingerprint density at radius 2 is 2.08 bits per heavy atom. The van der Waals surface area contributed by atoms with Gasteiger partial charge in [-0.15, -0.1) is 0 Å². The Kier molecular flexibility index (Phi) is 3.07. The number of hydrogen-bond acceptors (Lipinski definition) is 3. The van der Waals surface area contributed by atoms with Crippen LogP contribution in [-0.2, 0) is 9.53 Å². The third kappa shape index (κ3) is 2.54. The van der Waals surface area contributed by atoms with Crippen LogP contribution in [0.25, 0.3) is 0 Å². The molecule has 0 aromatic rings. The molecule has 0 saturated heterocycles. The molecule has 0 N–H and O–H groups in total. The van der Waals surface area contributed by atoms with E-state index in [0.717, 1.165) is 19.3 Å². The topological polar surface area (TPSA) is 38.7 Å². The minimum Gasteiger partial charge on any atom is -0.410 e. The summed E-state index contributed by atoms with van der Waals surface area (Å²) >= 11 is 0. The Bertz CT molecular complexity index is 231. The molecular weight excluding hydrogens is 166 g/mol. The molecule has 3 heteroatoms. The van der Waals surface area contributed by atoms with E-state index in [1.165, 1.54) is 6.42 Å². The maximum atomic E-state index is 11.2. The summed E-state index contributed by atoms with van der Waals surface area (Å²) in [4.78, 5) is 15.4. The molecule has 0 fully saturated rings. The fourth-order valence-corrected chi connectivity index (χ4v) is 1.25. The van der Waals surface area contributed by atoms with Crippen molar-refractivity contribution in [2.75, 3.05) is 0 Å². The molecule has 0 unspecified atom stereocenters. The molecule has 0 aromatic heterocycles. The van der Waals surface area contributed by atoms with Gasteiger partial charge in [-0.25, -0.2) is 9.79 Å². The second-order valence-electron chi connectivity index (χ2n) is 3.91. The molecule has 0 radical (unpaired) electrons. The lowest BCUT2D eigenvalue weighted by molar-refractivity contribution is -0.138. The first-order valence-corrected chi connectivity index (χ1v) is 4.87. The van der Waals surface area contributed by atoms with E-state index in [4.69, 9.17) is 4.74 Å². The summed E-state index contributed by atoms with van der Waals surface area (Å²) < 4.78 is 5.03. The van der Waals surface area contributed by atoms with Gasteiger partial charge in [-0.1, -0.05) is 19.8 Å². The third-order valence-electron chi connectivity index (χ3n) is 2.11. The fraction of sp³-hybridized carbons (Fsp3) is 0.800. The van der Waals surface area contributed by atoms with Gasteiger partial charge in [0.2, 0.25) is 0 Å². The Morgan fingerprint density at radius 3 is 2.54 bits per heavy atom. The summed E-state index contributed by atoms with van der Waals surface area (Å²) in [6.07, 6.45) is 4.18. The van der Waals surface area contributed by atoms with Crippen LogP contribution in [0.1, 0.15) is 46.5 Å². The third-order valence-corrected chi connectivity index (χ3v) is 2.11. The van der Waals surface area contributed by atoms with Gasteiger partial charge < -0.3 is 4.74 Å². The van der Waals surface area contributed by atoms with E-state index in [1.807, 2.05) is 0 Å². The molecule has 0 amide bonds. The number of carbonyl (C=O) groups is 1. The summed E-state index contributed by atoms with van der Waals surface area (Å²) in [6.45, 7) is 5.71. The predicted molar refractivity (Wildman–Crippen MR) is 51.7 cm³/mol. The molecule has 1 aliphatic heterocycles. The maximum Gasteiger partial charge on any atom is 0.340 e. The second kappa shape index (κ2) is 3.90. The van der Waals surface area contributed by atoms with Gasteiger partial charge in [0.05, 0.1) is 0 Å². The normalized spacial score (nSPS) is 19.9. The number of ether oxygens (including phenoxy) is 1. The van der Waals surface area contributed by atoms with Crippen LogP contribution in [0.15, 0.2) is 4.99 Å². The first-order chi connectivity index (χ1) is 6.06. The first kappa shape index (κ1) is 10.2. The molecule has 0 bridgehead atoms. The van der Waals surface area contributed by atoms with E-state index in [2.05, 4.69) is 11.9 Å². The minimum absolute atomic E-state index is 0.223. The standard InChI is InChI=1S/C10H17NO2/c1-4-5-6-7-8-11-10(2,3)9(12)13-8/h4-7H2,1-3H3. The molecule has 74 valence electrons. The van der Waals surface area contributed by atoms with Gasteiger partial charge in [-0.3, -0.25) is 0 Å². The van der Waals surface area contributed by atoms with Crippen LogP contribution >= 0.6 is 0 Å². The number of rotatable bonds is 4. The van der Waals surface area contributed by atoms with Crippen LogP contribution in [0.3, 0.4) is 0 Å². The molecule has 3 nitrogen and oxygen atoms in total. The number of aliphatic imine (C=N–C) groups is 1.